The molecule has 1 aliphatic rings. The maximum Gasteiger partial charge on any atom is 0.248 e. The number of aliphatic imine (C=N–C) groups is 1. The smallest absolute Gasteiger partial charge is 0.248 e. The normalized spacial score (nSPS) is 16.1. The highest BCUT2D eigenvalue weighted by molar-refractivity contribution is 7.89. The predicted octanol–water partition coefficient (Wildman–Crippen LogP) is 5.61. The molecule has 0 bridgehead atoms. The Hall–Kier alpha value is -5.79. The molecule has 58 heavy (non-hydrogen) atoms. The Bertz CT molecular complexity index is 2420. The Kier molecular flexibility index (Phi) is 13.4. The highest BCUT2D eigenvalue weighted by Gasteiger charge is 2.27. The number of aliphatic hydroxyl groups excluding tert-OH is 1. The fourth-order valence-electron chi connectivity index (χ4n) is 6.98. The van der Waals surface area contributed by atoms with E-state index in [-0.39, 0.29) is 42.8 Å². The molecule has 5 aromatic rings. The summed E-state index contributed by atoms with van der Waals surface area (Å²) in [7, 11) is -3.79. The van der Waals surface area contributed by atoms with E-state index in [1.807, 2.05) is 98.8 Å². The van der Waals surface area contributed by atoms with E-state index in [2.05, 4.69) is 32.3 Å². The van der Waals surface area contributed by atoms with Crippen LogP contribution in [0.2, 0.25) is 0 Å². The number of rotatable bonds is 18. The minimum atomic E-state index is -3.79. The Morgan fingerprint density at radius 2 is 1.59 bits per heavy atom. The molecule has 0 saturated heterocycles. The lowest BCUT2D eigenvalue weighted by Crippen LogP contribution is -2.32. The largest absolute Gasteiger partial charge is 0.387 e. The van der Waals surface area contributed by atoms with Crippen LogP contribution in [-0.2, 0) is 52.7 Å². The molecule has 4 aromatic carbocycles. The summed E-state index contributed by atoms with van der Waals surface area (Å²) in [5, 5.41) is 17.2. The van der Waals surface area contributed by atoms with Crippen LogP contribution in [-0.4, -0.2) is 48.6 Å². The topological polar surface area (TPSA) is 176 Å². The van der Waals surface area contributed by atoms with E-state index < -0.39 is 27.6 Å². The average molecular weight is 799 g/mol. The quantitative estimate of drug-likeness (QED) is 0.0766. The first-order chi connectivity index (χ1) is 27.8. The molecule has 6 N–H and O–H groups in total. The number of hydrogen-bond acceptors (Lipinski definition) is 8. The fourth-order valence-corrected chi connectivity index (χ4v) is 8.07. The Morgan fingerprint density at radius 1 is 0.845 bits per heavy atom. The number of amides is 2. The third-order valence-corrected chi connectivity index (χ3v) is 11.5. The van der Waals surface area contributed by atoms with Crippen LogP contribution in [0.1, 0.15) is 81.9 Å². The zero-order chi connectivity index (χ0) is 41.3. The van der Waals surface area contributed by atoms with E-state index in [1.165, 1.54) is 6.07 Å². The molecule has 300 valence electrons. The van der Waals surface area contributed by atoms with Gasteiger partial charge in [-0.15, -0.1) is 0 Å². The summed E-state index contributed by atoms with van der Waals surface area (Å²) in [5.74, 6) is -0.758. The average Bonchev–Trinajstić information content (AvgIpc) is 3.57. The first kappa shape index (κ1) is 41.8. The van der Waals surface area contributed by atoms with Gasteiger partial charge in [0.2, 0.25) is 21.8 Å². The molecule has 1 unspecified atom stereocenters. The molecule has 0 aliphatic carbocycles. The van der Waals surface area contributed by atoms with Crippen LogP contribution in [0.4, 0.5) is 0 Å². The summed E-state index contributed by atoms with van der Waals surface area (Å²) in [6.45, 7) is 6.79. The molecule has 1 aliphatic heterocycles. The van der Waals surface area contributed by atoms with Crippen molar-refractivity contribution in [3.8, 4) is 0 Å². The number of carbonyl (C=O) groups excluding carboxylic acids is 2. The SMILES string of the molecule is CC1=NC(C)(c2ccc([C@@H](O)CN[C@H](C)Cc3cccc(CC(=O)NCc4ccc(C(N)=O)c(Cc5cccc(S(=O)(=O)NCc6ccccc6)c5)c4)c3)cn2)C=C1. The highest BCUT2D eigenvalue weighted by Crippen LogP contribution is 2.30. The number of sulfonamides is 1. The summed E-state index contributed by atoms with van der Waals surface area (Å²) in [5.41, 5.74) is 12.9. The van der Waals surface area contributed by atoms with Crippen LogP contribution in [0.3, 0.4) is 0 Å². The second kappa shape index (κ2) is 18.6. The second-order valence-electron chi connectivity index (χ2n) is 15.0. The van der Waals surface area contributed by atoms with Gasteiger partial charge in [-0.25, -0.2) is 13.1 Å². The van der Waals surface area contributed by atoms with Gasteiger partial charge in [0.25, 0.3) is 0 Å². The van der Waals surface area contributed by atoms with Crippen LogP contribution in [0.15, 0.2) is 137 Å². The molecule has 0 saturated carbocycles. The third-order valence-electron chi connectivity index (χ3n) is 10.1. The van der Waals surface area contributed by atoms with Crippen molar-refractivity contribution < 1.29 is 23.1 Å². The third kappa shape index (κ3) is 11.2. The number of allylic oxidation sites excluding steroid dienone is 1. The maximum atomic E-state index is 13.1. The Balaban J connectivity index is 1.00. The molecule has 0 fully saturated rings. The van der Waals surface area contributed by atoms with E-state index in [1.54, 1.807) is 36.5 Å². The number of primary amides is 1. The van der Waals surface area contributed by atoms with E-state index in [9.17, 15) is 23.1 Å². The number of aliphatic hydroxyl groups is 1. The van der Waals surface area contributed by atoms with Gasteiger partial charge < -0.3 is 21.5 Å². The minimum absolute atomic E-state index is 0.0616. The lowest BCUT2D eigenvalue weighted by molar-refractivity contribution is -0.120. The summed E-state index contributed by atoms with van der Waals surface area (Å²) < 4.78 is 28.8. The van der Waals surface area contributed by atoms with E-state index in [0.717, 1.165) is 39.2 Å². The molecule has 12 heteroatoms. The zero-order valence-electron chi connectivity index (χ0n) is 33.0. The molecular weight excluding hydrogens is 749 g/mol. The van der Waals surface area contributed by atoms with Gasteiger partial charge in [0.15, 0.2) is 0 Å². The summed E-state index contributed by atoms with van der Waals surface area (Å²) in [6, 6.07) is 32.8. The number of nitrogens with one attached hydrogen (secondary N) is 3. The van der Waals surface area contributed by atoms with Crippen LogP contribution < -0.4 is 21.1 Å². The molecular formula is C46H50N6O5S. The number of aromatic nitrogens is 1. The number of hydrogen-bond donors (Lipinski definition) is 5. The van der Waals surface area contributed by atoms with E-state index >= 15 is 0 Å². The van der Waals surface area contributed by atoms with Crippen LogP contribution >= 0.6 is 0 Å². The van der Waals surface area contributed by atoms with Crippen molar-refractivity contribution in [2.24, 2.45) is 10.7 Å². The van der Waals surface area contributed by atoms with Gasteiger partial charge in [-0.05, 0) is 103 Å². The van der Waals surface area contributed by atoms with Gasteiger partial charge in [0.1, 0.15) is 5.54 Å². The predicted molar refractivity (Wildman–Crippen MR) is 227 cm³/mol. The van der Waals surface area contributed by atoms with Crippen LogP contribution in [0.5, 0.6) is 0 Å². The lowest BCUT2D eigenvalue weighted by Gasteiger charge is -2.20. The van der Waals surface area contributed by atoms with Crippen LogP contribution in [0.25, 0.3) is 0 Å². The molecule has 6 rings (SSSR count). The van der Waals surface area contributed by atoms with E-state index in [4.69, 9.17) is 5.73 Å². The zero-order valence-corrected chi connectivity index (χ0v) is 33.8. The van der Waals surface area contributed by atoms with Gasteiger partial charge in [-0.1, -0.05) is 84.9 Å². The highest BCUT2D eigenvalue weighted by atomic mass is 32.2. The van der Waals surface area contributed by atoms with Crippen molar-refractivity contribution in [1.82, 2.24) is 20.3 Å². The minimum Gasteiger partial charge on any atom is -0.387 e. The number of carbonyl (C=O) groups is 2. The second-order valence-corrected chi connectivity index (χ2v) is 16.8. The van der Waals surface area contributed by atoms with Gasteiger partial charge >= 0.3 is 0 Å². The first-order valence-electron chi connectivity index (χ1n) is 19.3. The Labute approximate surface area is 340 Å². The molecule has 1 aromatic heterocycles. The van der Waals surface area contributed by atoms with Crippen molar-refractivity contribution in [3.63, 3.8) is 0 Å². The molecule has 0 spiro atoms. The standard InChI is InChI=1S/C46H50N6O5S/c1-31-19-20-46(3,52-31)43-18-16-38(29-49-43)42(53)30-48-32(2)21-34-11-7-12-35(22-34)26-44(54)50-27-37-15-17-41(45(47)55)39(24-37)23-36-13-8-14-40(25-36)58(56,57)51-28-33-9-5-4-6-10-33/h4-20,22,24-25,29,32,42,48,51,53H,21,23,26-28,30H2,1-3H3,(H2,47,55)(H,50,54)/t32-,42+,46?/m1/s1. The summed E-state index contributed by atoms with van der Waals surface area (Å²) >= 11 is 0. The number of benzene rings is 4. The monoisotopic (exact) mass is 798 g/mol. The number of pyridine rings is 1. The summed E-state index contributed by atoms with van der Waals surface area (Å²) in [6.07, 6.45) is 6.16. The maximum absolute atomic E-state index is 13.1. The van der Waals surface area contributed by atoms with Crippen molar-refractivity contribution in [3.05, 3.63) is 178 Å². The molecule has 0 radical (unpaired) electrons. The molecule has 2 heterocycles. The fraction of sp³-hybridized carbons (Fsp3) is 0.261. The van der Waals surface area contributed by atoms with Crippen molar-refractivity contribution >= 4 is 27.5 Å². The lowest BCUT2D eigenvalue weighted by atomic mass is 9.97. The van der Waals surface area contributed by atoms with E-state index in [0.29, 0.717) is 29.7 Å². The Morgan fingerprint density at radius 3 is 2.31 bits per heavy atom. The van der Waals surface area contributed by atoms with Gasteiger partial charge in [0, 0.05) is 48.7 Å². The molecule has 3 atom stereocenters. The van der Waals surface area contributed by atoms with Gasteiger partial charge in [-0.3, -0.25) is 19.6 Å². The first-order valence-corrected chi connectivity index (χ1v) is 20.8. The molecule has 2 amide bonds. The van der Waals surface area contributed by atoms with Crippen molar-refractivity contribution in [1.29, 1.82) is 0 Å². The van der Waals surface area contributed by atoms with Gasteiger partial charge in [-0.2, -0.15) is 0 Å². The summed E-state index contributed by atoms with van der Waals surface area (Å²) in [4.78, 5) is 34.8. The van der Waals surface area contributed by atoms with Crippen molar-refractivity contribution in [2.45, 2.75) is 75.7 Å². The number of nitrogens with two attached hydrogens (primary N) is 1. The number of nitrogens with zero attached hydrogens (tertiary/aromatic N) is 2. The van der Waals surface area contributed by atoms with Crippen molar-refractivity contribution in [2.75, 3.05) is 6.54 Å². The molecule has 11 nitrogen and oxygen atoms in total. The van der Waals surface area contributed by atoms with Crippen LogP contribution in [0, 0.1) is 0 Å². The van der Waals surface area contributed by atoms with Gasteiger partial charge in [0.05, 0.1) is 23.1 Å².